The Morgan fingerprint density at radius 1 is 0.712 bits per heavy atom. The Labute approximate surface area is 388 Å². The summed E-state index contributed by atoms with van der Waals surface area (Å²) in [4.78, 5) is 52.8. The van der Waals surface area contributed by atoms with E-state index >= 15 is 0 Å². The number of aromatic nitrogens is 9. The fraction of sp³-hybridized carbons (Fsp3) is 0.511. The number of pyridine rings is 3. The van der Waals surface area contributed by atoms with Crippen molar-refractivity contribution in [1.82, 2.24) is 50.2 Å². The molecule has 6 aromatic rings. The molecule has 6 rings (SSSR count). The van der Waals surface area contributed by atoms with Crippen LogP contribution in [-0.4, -0.2) is 110 Å². The van der Waals surface area contributed by atoms with Gasteiger partial charge in [0.25, 0.3) is 0 Å². The molecule has 66 heavy (non-hydrogen) atoms. The number of nitrogen functional groups attached to an aromatic ring is 1. The molecule has 0 aliphatic heterocycles. The minimum absolute atomic E-state index is 0.0800. The Hall–Kier alpha value is -6.12. The average Bonchev–Trinajstić information content (AvgIpc) is 3.27. The molecule has 0 radical (unpaired) electrons. The molecule has 0 unspecified atom stereocenters. The van der Waals surface area contributed by atoms with Gasteiger partial charge in [0.05, 0.1) is 57.6 Å². The minimum Gasteiger partial charge on any atom is -0.394 e. The average molecular weight is 930 g/mol. The van der Waals surface area contributed by atoms with Crippen molar-refractivity contribution in [3.05, 3.63) is 53.2 Å². The number of fused-ring (bicyclic) bond motifs is 3. The number of aliphatic hydroxyl groups is 2. The zero-order valence-corrected chi connectivity index (χ0v) is 39.3. The number of carbonyl (C=O) groups excluding carboxylic acids is 1. The molecular weight excluding hydrogens is 867 g/mol. The van der Waals surface area contributed by atoms with Crippen molar-refractivity contribution in [1.29, 1.82) is 0 Å². The summed E-state index contributed by atoms with van der Waals surface area (Å²) < 4.78 is 14.5. The van der Waals surface area contributed by atoms with Crippen molar-refractivity contribution in [2.24, 2.45) is 0 Å². The zero-order chi connectivity index (χ0) is 47.5. The first-order chi connectivity index (χ1) is 31.5. The lowest BCUT2D eigenvalue weighted by molar-refractivity contribution is -0.119. The van der Waals surface area contributed by atoms with Gasteiger partial charge in [0, 0.05) is 45.0 Å². The fourth-order valence-electron chi connectivity index (χ4n) is 7.56. The van der Waals surface area contributed by atoms with Gasteiger partial charge in [0.2, 0.25) is 23.8 Å². The van der Waals surface area contributed by atoms with E-state index in [1.54, 1.807) is 18.5 Å². The van der Waals surface area contributed by atoms with Crippen molar-refractivity contribution in [3.63, 3.8) is 0 Å². The normalized spacial score (nSPS) is 14.3. The van der Waals surface area contributed by atoms with Crippen LogP contribution < -0.4 is 37.6 Å². The van der Waals surface area contributed by atoms with E-state index in [9.17, 15) is 19.4 Å². The van der Waals surface area contributed by atoms with Crippen LogP contribution >= 0.6 is 11.6 Å². The highest BCUT2D eigenvalue weighted by Crippen LogP contribution is 2.30. The van der Waals surface area contributed by atoms with Gasteiger partial charge in [-0.05, 0) is 90.3 Å². The lowest BCUT2D eigenvalue weighted by atomic mass is 9.94. The highest BCUT2D eigenvalue weighted by Gasteiger charge is 2.29. The van der Waals surface area contributed by atoms with Crippen molar-refractivity contribution >= 4 is 85.9 Å². The van der Waals surface area contributed by atoms with Crippen LogP contribution in [0.1, 0.15) is 98.0 Å². The third kappa shape index (κ3) is 13.0. The van der Waals surface area contributed by atoms with E-state index in [0.717, 1.165) is 37.4 Å². The summed E-state index contributed by atoms with van der Waals surface area (Å²) in [5.41, 5.74) is 7.98. The van der Waals surface area contributed by atoms with Crippen LogP contribution in [0.2, 0.25) is 5.02 Å². The number of amides is 1. The number of nitrogens with one attached hydrogen (secondary N) is 6. The van der Waals surface area contributed by atoms with Gasteiger partial charge in [-0.3, -0.25) is 9.78 Å². The van der Waals surface area contributed by atoms with E-state index in [4.69, 9.17) is 27.3 Å². The standard InChI is InChI=1S/C45H62ClFN16O3/c1-7-8-14-44(5,25-64)62-37-34-31(20-29(46)22-52-34)55-41(59-37)50-18-12-10-16-45(6,26-65)63-38-35-32(21-30(47)23-53-35)56-42(60-38)51-17-11-9-15-43(4,24-54-28(3)66)61-39-36-33(57-40(48)58-39)27(2)13-19-49-36/h13,19-23,64-65H,7-12,14-18,24-26H2,1-6H3,(H,54,66)(H3,48,57,58,61)(H2,50,55,59,62)(H2,51,56,60,63)/t43-,44-,45-/m1/s1. The first-order valence-corrected chi connectivity index (χ1v) is 22.8. The molecule has 3 atom stereocenters. The molecular formula is C45H62ClFN16O3. The maximum Gasteiger partial charge on any atom is 0.225 e. The maximum atomic E-state index is 14.5. The molecule has 0 aliphatic rings. The third-order valence-electron chi connectivity index (χ3n) is 11.5. The highest BCUT2D eigenvalue weighted by molar-refractivity contribution is 6.31. The number of hydrogen-bond acceptors (Lipinski definition) is 18. The number of nitrogens with two attached hydrogens (primary N) is 1. The van der Waals surface area contributed by atoms with Crippen LogP contribution in [0.15, 0.2) is 36.8 Å². The summed E-state index contributed by atoms with van der Waals surface area (Å²) in [6.07, 6.45) is 11.1. The van der Waals surface area contributed by atoms with Crippen LogP contribution in [0.5, 0.6) is 0 Å². The molecule has 21 heteroatoms. The van der Waals surface area contributed by atoms with Crippen LogP contribution in [0.3, 0.4) is 0 Å². The Morgan fingerprint density at radius 3 is 1.85 bits per heavy atom. The SMILES string of the molecule is CCCC[C@](C)(CO)Nc1nc(NCCCC[C@](C)(CO)Nc2nc(NCCCC[C@](C)(CNC(C)=O)Nc3nc(N)nc4c(C)ccnc34)nc3cc(F)cnc23)nc2cc(Cl)cnc12. The second-order valence-corrected chi connectivity index (χ2v) is 18.2. The van der Waals surface area contributed by atoms with Gasteiger partial charge in [-0.25, -0.2) is 29.3 Å². The van der Waals surface area contributed by atoms with Gasteiger partial charge in [-0.15, -0.1) is 0 Å². The molecule has 0 bridgehead atoms. The van der Waals surface area contributed by atoms with Gasteiger partial charge >= 0.3 is 0 Å². The molecule has 10 N–H and O–H groups in total. The van der Waals surface area contributed by atoms with Gasteiger partial charge in [-0.2, -0.15) is 15.0 Å². The zero-order valence-electron chi connectivity index (χ0n) is 38.5. The number of anilines is 6. The Kier molecular flexibility index (Phi) is 16.4. The topological polar surface area (TPSA) is 272 Å². The van der Waals surface area contributed by atoms with Crippen LogP contribution in [0, 0.1) is 12.7 Å². The largest absolute Gasteiger partial charge is 0.394 e. The monoisotopic (exact) mass is 928 g/mol. The molecule has 0 spiro atoms. The molecule has 6 aromatic heterocycles. The van der Waals surface area contributed by atoms with E-state index < -0.39 is 22.4 Å². The molecule has 0 saturated carbocycles. The quantitative estimate of drug-likeness (QED) is 0.0268. The molecule has 6 heterocycles. The summed E-state index contributed by atoms with van der Waals surface area (Å²) in [6, 6.07) is 4.89. The lowest BCUT2D eigenvalue weighted by Crippen LogP contribution is -2.46. The number of aliphatic hydroxyl groups excluding tert-OH is 2. The van der Waals surface area contributed by atoms with Crippen molar-refractivity contribution in [2.45, 2.75) is 116 Å². The summed E-state index contributed by atoms with van der Waals surface area (Å²) >= 11 is 6.28. The molecule has 0 saturated heterocycles. The molecule has 0 aromatic carbocycles. The summed E-state index contributed by atoms with van der Waals surface area (Å²) in [7, 11) is 0. The van der Waals surface area contributed by atoms with Gasteiger partial charge in [0.15, 0.2) is 17.5 Å². The van der Waals surface area contributed by atoms with Crippen LogP contribution in [0.25, 0.3) is 33.1 Å². The molecule has 354 valence electrons. The van der Waals surface area contributed by atoms with Crippen LogP contribution in [0.4, 0.5) is 39.7 Å². The van der Waals surface area contributed by atoms with Crippen molar-refractivity contribution in [2.75, 3.05) is 65.2 Å². The Bertz CT molecular complexity index is 2630. The number of hydrogen-bond donors (Lipinski definition) is 9. The third-order valence-corrected chi connectivity index (χ3v) is 11.7. The summed E-state index contributed by atoms with van der Waals surface area (Å²) in [6.45, 7) is 12.4. The van der Waals surface area contributed by atoms with Gasteiger partial charge in [0.1, 0.15) is 22.4 Å². The van der Waals surface area contributed by atoms with E-state index in [-0.39, 0.29) is 31.0 Å². The van der Waals surface area contributed by atoms with Crippen molar-refractivity contribution in [3.8, 4) is 0 Å². The van der Waals surface area contributed by atoms with E-state index in [2.05, 4.69) is 73.7 Å². The predicted octanol–water partition coefficient (Wildman–Crippen LogP) is 6.77. The molecule has 0 fully saturated rings. The number of rotatable bonds is 25. The van der Waals surface area contributed by atoms with E-state index in [0.29, 0.717) is 113 Å². The second-order valence-electron chi connectivity index (χ2n) is 17.7. The second kappa shape index (κ2) is 21.9. The highest BCUT2D eigenvalue weighted by atomic mass is 35.5. The number of unbranched alkanes of at least 4 members (excludes halogenated alkanes) is 3. The number of aryl methyl sites for hydroxylation is 1. The smallest absolute Gasteiger partial charge is 0.225 e. The van der Waals surface area contributed by atoms with Crippen molar-refractivity contribution < 1.29 is 19.4 Å². The van der Waals surface area contributed by atoms with Gasteiger partial charge < -0.3 is 47.8 Å². The minimum atomic E-state index is -0.819. The maximum absolute atomic E-state index is 14.5. The van der Waals surface area contributed by atoms with E-state index in [1.165, 1.54) is 13.0 Å². The molecule has 0 aliphatic carbocycles. The van der Waals surface area contributed by atoms with Crippen LogP contribution in [-0.2, 0) is 4.79 Å². The first kappa shape index (κ1) is 49.3. The summed E-state index contributed by atoms with van der Waals surface area (Å²) in [5.74, 6) is 1.43. The van der Waals surface area contributed by atoms with Gasteiger partial charge in [-0.1, -0.05) is 31.4 Å². The number of halogens is 2. The number of carbonyl (C=O) groups is 1. The lowest BCUT2D eigenvalue weighted by Gasteiger charge is -2.32. The summed E-state index contributed by atoms with van der Waals surface area (Å²) in [5, 5.41) is 41.2. The first-order valence-electron chi connectivity index (χ1n) is 22.4. The predicted molar refractivity (Wildman–Crippen MR) is 259 cm³/mol. The Morgan fingerprint density at radius 2 is 1.26 bits per heavy atom. The molecule has 1 amide bonds. The Balaban J connectivity index is 1.08. The molecule has 19 nitrogen and oxygen atoms in total. The fourth-order valence-corrected chi connectivity index (χ4v) is 7.71. The number of nitrogens with zero attached hydrogens (tertiary/aromatic N) is 9. The van der Waals surface area contributed by atoms with E-state index in [1.807, 2.05) is 33.8 Å².